The molecule has 1 aliphatic rings. The molecule has 0 aromatic heterocycles. The van der Waals surface area contributed by atoms with Crippen LogP contribution in [0.5, 0.6) is 0 Å². The van der Waals surface area contributed by atoms with E-state index in [-0.39, 0.29) is 17.7 Å². The molecule has 2 N–H and O–H groups in total. The van der Waals surface area contributed by atoms with E-state index in [0.29, 0.717) is 13.1 Å². The van der Waals surface area contributed by atoms with Crippen LogP contribution >= 0.6 is 0 Å². The average molecular weight is 337 g/mol. The van der Waals surface area contributed by atoms with Gasteiger partial charge in [0.2, 0.25) is 11.8 Å². The summed E-state index contributed by atoms with van der Waals surface area (Å²) in [5, 5.41) is 5.85. The topological polar surface area (TPSA) is 61.4 Å². The highest BCUT2D eigenvalue weighted by Crippen LogP contribution is 2.30. The van der Waals surface area contributed by atoms with E-state index in [1.807, 2.05) is 66.5 Å². The molecule has 25 heavy (non-hydrogen) atoms. The fourth-order valence-corrected chi connectivity index (χ4v) is 2.59. The summed E-state index contributed by atoms with van der Waals surface area (Å²) >= 11 is 0. The molecule has 0 aliphatic heterocycles. The van der Waals surface area contributed by atoms with E-state index >= 15 is 0 Å². The normalized spacial score (nSPS) is 13.2. The second kappa shape index (κ2) is 7.83. The van der Waals surface area contributed by atoms with Gasteiger partial charge in [-0.2, -0.15) is 0 Å². The van der Waals surface area contributed by atoms with E-state index in [1.54, 1.807) is 0 Å². The van der Waals surface area contributed by atoms with Crippen LogP contribution < -0.4 is 15.5 Å². The quantitative estimate of drug-likeness (QED) is 0.817. The Hall–Kier alpha value is -2.82. The summed E-state index contributed by atoms with van der Waals surface area (Å²) in [6.07, 6.45) is 1.97. The van der Waals surface area contributed by atoms with Gasteiger partial charge < -0.3 is 15.5 Å². The first-order valence-electron chi connectivity index (χ1n) is 8.54. The van der Waals surface area contributed by atoms with Crippen LogP contribution in [0.25, 0.3) is 0 Å². The summed E-state index contributed by atoms with van der Waals surface area (Å²) in [4.78, 5) is 25.9. The minimum absolute atomic E-state index is 0.0428. The fraction of sp³-hybridized carbons (Fsp3) is 0.300. The van der Waals surface area contributed by atoms with E-state index < -0.39 is 0 Å². The van der Waals surface area contributed by atoms with E-state index in [1.165, 1.54) is 0 Å². The highest BCUT2D eigenvalue weighted by Gasteiger charge is 2.29. The number of benzene rings is 2. The average Bonchev–Trinajstić information content (AvgIpc) is 3.46. The fourth-order valence-electron chi connectivity index (χ4n) is 2.59. The minimum Gasteiger partial charge on any atom is -0.365 e. The SMILES string of the molecule is CN(CC(=O)NCc1cccc(NC(=O)C2CC2)c1)c1ccccc1. The zero-order valence-corrected chi connectivity index (χ0v) is 14.4. The zero-order chi connectivity index (χ0) is 17.6. The van der Waals surface area contributed by atoms with Gasteiger partial charge in [0.25, 0.3) is 0 Å². The number of hydrogen-bond donors (Lipinski definition) is 2. The van der Waals surface area contributed by atoms with Gasteiger partial charge >= 0.3 is 0 Å². The summed E-state index contributed by atoms with van der Waals surface area (Å²) in [6.45, 7) is 0.733. The van der Waals surface area contributed by atoms with E-state index in [2.05, 4.69) is 10.6 Å². The van der Waals surface area contributed by atoms with Gasteiger partial charge in [0.1, 0.15) is 0 Å². The number of para-hydroxylation sites is 1. The molecule has 1 saturated carbocycles. The molecule has 0 bridgehead atoms. The lowest BCUT2D eigenvalue weighted by molar-refractivity contribution is -0.120. The van der Waals surface area contributed by atoms with Crippen molar-refractivity contribution in [2.24, 2.45) is 5.92 Å². The van der Waals surface area contributed by atoms with Gasteiger partial charge in [0.15, 0.2) is 0 Å². The van der Waals surface area contributed by atoms with Crippen molar-refractivity contribution in [2.75, 3.05) is 23.8 Å². The molecule has 2 amide bonds. The van der Waals surface area contributed by atoms with Crippen LogP contribution in [0.3, 0.4) is 0 Å². The Labute approximate surface area is 148 Å². The van der Waals surface area contributed by atoms with Crippen LogP contribution in [0.15, 0.2) is 54.6 Å². The molecule has 5 nitrogen and oxygen atoms in total. The maximum Gasteiger partial charge on any atom is 0.239 e. The van der Waals surface area contributed by atoms with Gasteiger partial charge in [-0.1, -0.05) is 30.3 Å². The molecular formula is C20H23N3O2. The summed E-state index contributed by atoms with van der Waals surface area (Å²) in [5.41, 5.74) is 2.75. The van der Waals surface area contributed by atoms with Gasteiger partial charge in [0, 0.05) is 30.9 Å². The Morgan fingerprint density at radius 2 is 1.84 bits per heavy atom. The number of hydrogen-bond acceptors (Lipinski definition) is 3. The van der Waals surface area contributed by atoms with Crippen LogP contribution in [0.1, 0.15) is 18.4 Å². The van der Waals surface area contributed by atoms with Crippen LogP contribution in [-0.4, -0.2) is 25.4 Å². The molecule has 2 aromatic carbocycles. The molecule has 5 heteroatoms. The van der Waals surface area contributed by atoms with Crippen molar-refractivity contribution in [1.29, 1.82) is 0 Å². The van der Waals surface area contributed by atoms with E-state index in [4.69, 9.17) is 0 Å². The van der Waals surface area contributed by atoms with E-state index in [9.17, 15) is 9.59 Å². The summed E-state index contributed by atoms with van der Waals surface area (Å²) in [7, 11) is 1.89. The largest absolute Gasteiger partial charge is 0.365 e. The lowest BCUT2D eigenvalue weighted by Gasteiger charge is -2.18. The predicted octanol–water partition coefficient (Wildman–Crippen LogP) is 2.79. The molecule has 0 unspecified atom stereocenters. The molecular weight excluding hydrogens is 314 g/mol. The number of amides is 2. The Morgan fingerprint density at radius 1 is 1.08 bits per heavy atom. The maximum atomic E-state index is 12.1. The first-order chi connectivity index (χ1) is 12.1. The molecule has 0 heterocycles. The van der Waals surface area contributed by atoms with Gasteiger partial charge in [-0.15, -0.1) is 0 Å². The molecule has 1 fully saturated rings. The van der Waals surface area contributed by atoms with Crippen molar-refractivity contribution < 1.29 is 9.59 Å². The summed E-state index contributed by atoms with van der Waals surface area (Å²) in [5.74, 6) is 0.223. The Morgan fingerprint density at radius 3 is 2.56 bits per heavy atom. The van der Waals surface area contributed by atoms with Crippen LogP contribution in [0, 0.1) is 5.92 Å². The summed E-state index contributed by atoms with van der Waals surface area (Å²) in [6, 6.07) is 17.4. The second-order valence-corrected chi connectivity index (χ2v) is 6.43. The number of nitrogens with one attached hydrogen (secondary N) is 2. The molecule has 0 saturated heterocycles. The highest BCUT2D eigenvalue weighted by atomic mass is 16.2. The number of anilines is 2. The van der Waals surface area contributed by atoms with Crippen molar-refractivity contribution in [2.45, 2.75) is 19.4 Å². The van der Waals surface area contributed by atoms with Gasteiger partial charge in [-0.3, -0.25) is 9.59 Å². The van der Waals surface area contributed by atoms with Gasteiger partial charge in [-0.25, -0.2) is 0 Å². The number of rotatable bonds is 7. The van der Waals surface area contributed by atoms with Crippen molar-refractivity contribution in [3.8, 4) is 0 Å². The number of likely N-dealkylation sites (N-methyl/N-ethyl adjacent to an activating group) is 1. The second-order valence-electron chi connectivity index (χ2n) is 6.43. The minimum atomic E-state index is -0.0428. The molecule has 2 aromatic rings. The van der Waals surface area contributed by atoms with Crippen molar-refractivity contribution >= 4 is 23.2 Å². The lowest BCUT2D eigenvalue weighted by atomic mass is 10.2. The number of nitrogens with zero attached hydrogens (tertiary/aromatic N) is 1. The van der Waals surface area contributed by atoms with Crippen molar-refractivity contribution in [3.05, 3.63) is 60.2 Å². The third-order valence-corrected chi connectivity index (χ3v) is 4.21. The standard InChI is InChI=1S/C20H23N3O2/c1-23(18-8-3-2-4-9-18)14-19(24)21-13-15-6-5-7-17(12-15)22-20(25)16-10-11-16/h2-9,12,16H,10-11,13-14H2,1H3,(H,21,24)(H,22,25). The Bertz CT molecular complexity index is 742. The molecule has 3 rings (SSSR count). The third-order valence-electron chi connectivity index (χ3n) is 4.21. The third kappa shape index (κ3) is 5.08. The highest BCUT2D eigenvalue weighted by molar-refractivity contribution is 5.94. The maximum absolute atomic E-state index is 12.1. The van der Waals surface area contributed by atoms with Crippen molar-refractivity contribution in [1.82, 2.24) is 5.32 Å². The van der Waals surface area contributed by atoms with Gasteiger partial charge in [0.05, 0.1) is 6.54 Å². The first kappa shape index (κ1) is 17.0. The molecule has 1 aliphatic carbocycles. The smallest absolute Gasteiger partial charge is 0.239 e. The van der Waals surface area contributed by atoms with E-state index in [0.717, 1.165) is 29.8 Å². The monoisotopic (exact) mass is 337 g/mol. The molecule has 130 valence electrons. The lowest BCUT2D eigenvalue weighted by Crippen LogP contribution is -2.34. The van der Waals surface area contributed by atoms with Crippen molar-refractivity contribution in [3.63, 3.8) is 0 Å². The van der Waals surface area contributed by atoms with Crippen LogP contribution in [0.4, 0.5) is 11.4 Å². The molecule has 0 spiro atoms. The number of carbonyl (C=O) groups is 2. The zero-order valence-electron chi connectivity index (χ0n) is 14.4. The van der Waals surface area contributed by atoms with Gasteiger partial charge in [-0.05, 0) is 42.7 Å². The molecule has 0 atom stereocenters. The molecule has 0 radical (unpaired) electrons. The Kier molecular flexibility index (Phi) is 5.33. The predicted molar refractivity (Wildman–Crippen MR) is 99.4 cm³/mol. The Balaban J connectivity index is 1.49. The van der Waals surface area contributed by atoms with Crippen LogP contribution in [-0.2, 0) is 16.1 Å². The number of carbonyl (C=O) groups excluding carboxylic acids is 2. The first-order valence-corrected chi connectivity index (χ1v) is 8.54. The van der Waals surface area contributed by atoms with Crippen LogP contribution in [0.2, 0.25) is 0 Å². The summed E-state index contributed by atoms with van der Waals surface area (Å²) < 4.78 is 0.